The van der Waals surface area contributed by atoms with E-state index in [1.54, 1.807) is 14.0 Å². The number of ether oxygens (including phenoxy) is 6. The molecule has 1 aromatic heterocycles. The Morgan fingerprint density at radius 2 is 1.80 bits per heavy atom. The van der Waals surface area contributed by atoms with Crippen LogP contribution in [0.15, 0.2) is 24.3 Å². The van der Waals surface area contributed by atoms with Gasteiger partial charge in [0, 0.05) is 58.6 Å². The maximum absolute atomic E-state index is 14.9. The number of aromatic nitrogens is 1. The number of carbonyl (C=O) groups is 2. The number of rotatable bonds is 9. The topological polar surface area (TPSA) is 185 Å². The maximum atomic E-state index is 14.9. The highest BCUT2D eigenvalue weighted by molar-refractivity contribution is 7.98. The van der Waals surface area contributed by atoms with Gasteiger partial charge in [0.2, 0.25) is 6.79 Å². The molecule has 15 nitrogen and oxygen atoms in total. The molecule has 8 rings (SSSR count). The molecule has 0 amide bonds. The predicted molar refractivity (Wildman–Crippen MR) is 220 cm³/mol. The summed E-state index contributed by atoms with van der Waals surface area (Å²) in [5, 5.41) is 38.8. The Kier molecular flexibility index (Phi) is 10.7. The van der Waals surface area contributed by atoms with E-state index in [0.29, 0.717) is 68.7 Å². The fourth-order valence-corrected chi connectivity index (χ4v) is 11.1. The van der Waals surface area contributed by atoms with Gasteiger partial charge in [-0.1, -0.05) is 6.07 Å². The highest BCUT2D eigenvalue weighted by Crippen LogP contribution is 2.62. The largest absolute Gasteiger partial charge is 0.504 e. The summed E-state index contributed by atoms with van der Waals surface area (Å²) in [6.07, 6.45) is 1.38. The second kappa shape index (κ2) is 15.4. The highest BCUT2D eigenvalue weighted by Gasteiger charge is 2.55. The molecule has 0 spiro atoms. The normalized spacial score (nSPS) is 25.8. The first-order valence-electron chi connectivity index (χ1n) is 19.6. The Labute approximate surface area is 346 Å². The number of hydrogen-bond acceptors (Lipinski definition) is 15. The number of benzene rings is 3. The number of aryl methyl sites for hydroxylation is 1. The smallest absolute Gasteiger partial charge is 0.332 e. The number of hydrogen-bond donors (Lipinski definition) is 5. The molecule has 5 N–H and O–H groups in total. The predicted octanol–water partition coefficient (Wildman–Crippen LogP) is 4.43. The van der Waals surface area contributed by atoms with E-state index < -0.39 is 53.1 Å². The Morgan fingerprint density at radius 3 is 2.46 bits per heavy atom. The Bertz CT molecular complexity index is 2350. The van der Waals surface area contributed by atoms with Gasteiger partial charge >= 0.3 is 11.9 Å². The third-order valence-corrected chi connectivity index (χ3v) is 13.5. The third kappa shape index (κ3) is 6.38. The van der Waals surface area contributed by atoms with Crippen LogP contribution in [-0.2, 0) is 32.7 Å². The average molecular weight is 833 g/mol. The number of methoxy groups -OCH3 is 2. The zero-order valence-corrected chi connectivity index (χ0v) is 35.5. The number of nitrogens with one attached hydrogen (secondary N) is 2. The first-order chi connectivity index (χ1) is 28.2. The van der Waals surface area contributed by atoms with Crippen molar-refractivity contribution in [2.45, 2.75) is 81.7 Å². The van der Waals surface area contributed by atoms with Crippen LogP contribution < -0.4 is 29.0 Å². The Hall–Kier alpha value is -4.71. The Balaban J connectivity index is 1.31. The van der Waals surface area contributed by atoms with Crippen LogP contribution in [0.5, 0.6) is 34.5 Å². The summed E-state index contributed by atoms with van der Waals surface area (Å²) in [4.78, 5) is 35.1. The van der Waals surface area contributed by atoms with E-state index in [1.807, 2.05) is 68.3 Å². The van der Waals surface area contributed by atoms with Crippen LogP contribution in [0.2, 0.25) is 0 Å². The van der Waals surface area contributed by atoms with Gasteiger partial charge in [-0.15, -0.1) is 0 Å². The van der Waals surface area contributed by atoms with Crippen LogP contribution in [0.1, 0.15) is 75.8 Å². The molecule has 316 valence electrons. The van der Waals surface area contributed by atoms with Gasteiger partial charge in [0.25, 0.3) is 0 Å². The van der Waals surface area contributed by atoms with Crippen molar-refractivity contribution in [2.24, 2.45) is 0 Å². The van der Waals surface area contributed by atoms with Crippen molar-refractivity contribution in [1.82, 2.24) is 20.1 Å². The van der Waals surface area contributed by atoms with E-state index in [9.17, 15) is 24.9 Å². The van der Waals surface area contributed by atoms with Gasteiger partial charge in [0.15, 0.2) is 28.5 Å². The number of aromatic amines is 1. The molecule has 0 saturated heterocycles. The summed E-state index contributed by atoms with van der Waals surface area (Å²) in [6, 6.07) is 5.07. The highest BCUT2D eigenvalue weighted by atomic mass is 32.2. The lowest BCUT2D eigenvalue weighted by atomic mass is 9.80. The number of thioether (sulfide) groups is 1. The van der Waals surface area contributed by atoms with Crippen molar-refractivity contribution in [3.8, 4) is 34.5 Å². The molecule has 4 aromatic rings. The molecule has 4 aliphatic rings. The van der Waals surface area contributed by atoms with Crippen molar-refractivity contribution < 1.29 is 53.3 Å². The molecule has 0 bridgehead atoms. The zero-order chi connectivity index (χ0) is 42.2. The first-order valence-corrected chi connectivity index (χ1v) is 20.9. The van der Waals surface area contributed by atoms with Crippen molar-refractivity contribution in [1.29, 1.82) is 0 Å². The number of aliphatic hydroxyl groups excluding tert-OH is 2. The minimum atomic E-state index is -1.43. The molecule has 59 heavy (non-hydrogen) atoms. The van der Waals surface area contributed by atoms with Gasteiger partial charge in [-0.2, -0.15) is 11.8 Å². The van der Waals surface area contributed by atoms with Crippen molar-refractivity contribution in [3.63, 3.8) is 0 Å². The quantitative estimate of drug-likeness (QED) is 0.118. The van der Waals surface area contributed by atoms with Gasteiger partial charge in [-0.05, 0) is 82.4 Å². The molecule has 16 heteroatoms. The SMILES string of the molecule is COc1ccc2[nH]c3c(c2c1)C[C@@H](CO)N[C@@]3(C)C(=O)OC[C@H]1c2c3c(c(C)c(OC(C)=O)c2[C@@H](SC)[C@H]2[C@@H](N(C)C)c4c(cc(C)c(OC)c4O)C[C@H](O)N21)OCO3. The molecular weight excluding hydrogens is 781 g/mol. The number of fused-ring (bicyclic) bond motifs is 8. The molecule has 0 aliphatic carbocycles. The van der Waals surface area contributed by atoms with Crippen LogP contribution in [0.3, 0.4) is 0 Å². The fourth-order valence-electron chi connectivity index (χ4n) is 10.0. The van der Waals surface area contributed by atoms with Crippen LogP contribution >= 0.6 is 11.8 Å². The van der Waals surface area contributed by atoms with Gasteiger partial charge in [-0.25, -0.2) is 4.79 Å². The third-order valence-electron chi connectivity index (χ3n) is 12.5. The Morgan fingerprint density at radius 1 is 1.05 bits per heavy atom. The second-order valence-corrected chi connectivity index (χ2v) is 17.1. The number of nitrogens with zero attached hydrogens (tertiary/aromatic N) is 2. The number of phenols is 1. The first kappa shape index (κ1) is 41.0. The minimum Gasteiger partial charge on any atom is -0.504 e. The molecule has 0 unspecified atom stereocenters. The van der Waals surface area contributed by atoms with Gasteiger partial charge in [0.05, 0.1) is 43.9 Å². The molecule has 7 atom stereocenters. The van der Waals surface area contributed by atoms with E-state index in [0.717, 1.165) is 22.0 Å². The van der Waals surface area contributed by atoms with Crippen LogP contribution in [0, 0.1) is 13.8 Å². The summed E-state index contributed by atoms with van der Waals surface area (Å²) in [5.74, 6) is 0.947. The average Bonchev–Trinajstić information content (AvgIpc) is 3.82. The molecule has 4 aliphatic heterocycles. The number of aliphatic hydroxyl groups is 2. The van der Waals surface area contributed by atoms with E-state index in [1.165, 1.54) is 25.8 Å². The fraction of sp³-hybridized carbons (Fsp3) is 0.488. The molecule has 5 heterocycles. The van der Waals surface area contributed by atoms with Crippen LogP contribution in [-0.4, -0.2) is 115 Å². The van der Waals surface area contributed by atoms with E-state index in [2.05, 4.69) is 10.3 Å². The van der Waals surface area contributed by atoms with E-state index in [-0.39, 0.29) is 32.2 Å². The summed E-state index contributed by atoms with van der Waals surface area (Å²) < 4.78 is 36.0. The van der Waals surface area contributed by atoms with Crippen molar-refractivity contribution >= 4 is 34.6 Å². The standard InChI is InChI=1S/C43H52N4O11S/c1-19-12-22-13-29(50)47-28(17-55-42(52)43(4)41-26(14-23(16-48)45-43)25-15-24(53-7)10-11-27(25)44-41)31-32(37(58-21(3)49)20(2)38-39(31)57-18-56-38)40(59-9)34(47)33(46(5)6)30(22)35(51)36(19)54-8/h10-12,15,23,28-29,33-34,40,44-45,48,50-51H,13-14,16-18H2,1-9H3/t23-,28-,29-,33-,34+,40+,43+/m0/s1. The number of phenolic OH excluding ortho intramolecular Hbond substituents is 1. The van der Waals surface area contributed by atoms with Crippen LogP contribution in [0.4, 0.5) is 0 Å². The zero-order valence-electron chi connectivity index (χ0n) is 34.7. The summed E-state index contributed by atoms with van der Waals surface area (Å²) in [6.45, 7) is 6.15. The molecule has 0 radical (unpaired) electrons. The van der Waals surface area contributed by atoms with Gasteiger partial charge < -0.3 is 53.6 Å². The summed E-state index contributed by atoms with van der Waals surface area (Å²) in [5.41, 5.74) is 4.69. The van der Waals surface area contributed by atoms with Crippen LogP contribution in [0.25, 0.3) is 10.9 Å². The lowest BCUT2D eigenvalue weighted by Crippen LogP contribution is -2.58. The summed E-state index contributed by atoms with van der Waals surface area (Å²) >= 11 is 1.51. The molecular formula is C43H52N4O11S. The lowest BCUT2D eigenvalue weighted by molar-refractivity contribution is -0.159. The number of aromatic hydroxyl groups is 1. The van der Waals surface area contributed by atoms with Crippen molar-refractivity contribution in [3.05, 3.63) is 68.9 Å². The van der Waals surface area contributed by atoms with Gasteiger partial charge in [0.1, 0.15) is 24.3 Å². The lowest BCUT2D eigenvalue weighted by Gasteiger charge is -2.51. The maximum Gasteiger partial charge on any atom is 0.332 e. The molecule has 3 aromatic carbocycles. The van der Waals surface area contributed by atoms with Crippen molar-refractivity contribution in [2.75, 3.05) is 54.6 Å². The number of carbonyl (C=O) groups excluding carboxylic acids is 2. The number of likely N-dealkylation sites (N-methyl/N-ethyl adjacent to an activating group) is 1. The number of H-pyrrole nitrogens is 1. The molecule has 0 fully saturated rings. The second-order valence-electron chi connectivity index (χ2n) is 16.1. The van der Waals surface area contributed by atoms with Gasteiger partial charge in [-0.3, -0.25) is 15.0 Å². The van der Waals surface area contributed by atoms with E-state index >= 15 is 0 Å². The van der Waals surface area contributed by atoms with E-state index in [4.69, 9.17) is 28.4 Å². The monoisotopic (exact) mass is 832 g/mol. The minimum absolute atomic E-state index is 0.0209. The number of esters is 2. The molecule has 0 saturated carbocycles. The summed E-state index contributed by atoms with van der Waals surface area (Å²) in [7, 11) is 6.94.